The third-order valence-electron chi connectivity index (χ3n) is 3.14. The van der Waals surface area contributed by atoms with Crippen LogP contribution < -0.4 is 5.73 Å². The molecular weight excluding hydrogens is 337 g/mol. The Morgan fingerprint density at radius 3 is 2.81 bits per heavy atom. The van der Waals surface area contributed by atoms with Gasteiger partial charge in [0.05, 0.1) is 11.3 Å². The average Bonchev–Trinajstić information content (AvgIpc) is 2.94. The molecule has 0 atom stereocenters. The third-order valence-corrected chi connectivity index (χ3v) is 3.99. The molecule has 21 heavy (non-hydrogen) atoms. The second kappa shape index (κ2) is 5.29. The van der Waals surface area contributed by atoms with Gasteiger partial charge in [0, 0.05) is 10.0 Å². The minimum atomic E-state index is -0.509. The monoisotopic (exact) mass is 347 g/mol. The molecule has 106 valence electrons. The minimum absolute atomic E-state index is 0.00205. The number of nitrogens with zero attached hydrogens (tertiary/aromatic N) is 2. The summed E-state index contributed by atoms with van der Waals surface area (Å²) in [6.45, 7) is 1.99. The molecule has 3 rings (SSSR count). The van der Waals surface area contributed by atoms with Crippen LogP contribution in [0.4, 0.5) is 10.1 Å². The van der Waals surface area contributed by atoms with Gasteiger partial charge in [-0.25, -0.2) is 4.39 Å². The van der Waals surface area contributed by atoms with Gasteiger partial charge >= 0.3 is 0 Å². The van der Waals surface area contributed by atoms with E-state index in [9.17, 15) is 4.39 Å². The Hall–Kier alpha value is -2.21. The first kappa shape index (κ1) is 13.8. The van der Waals surface area contributed by atoms with E-state index in [2.05, 4.69) is 26.1 Å². The van der Waals surface area contributed by atoms with Gasteiger partial charge in [0.2, 0.25) is 5.82 Å². The normalized spacial score (nSPS) is 10.8. The van der Waals surface area contributed by atoms with Gasteiger partial charge in [-0.1, -0.05) is 39.3 Å². The van der Waals surface area contributed by atoms with Gasteiger partial charge < -0.3 is 10.3 Å². The Morgan fingerprint density at radius 2 is 2.05 bits per heavy atom. The first-order valence-corrected chi connectivity index (χ1v) is 7.00. The predicted octanol–water partition coefficient (Wildman–Crippen LogP) is 4.20. The molecule has 0 bridgehead atoms. The Kier molecular flexibility index (Phi) is 3.47. The van der Waals surface area contributed by atoms with Crippen molar-refractivity contribution in [2.24, 2.45) is 0 Å². The van der Waals surface area contributed by atoms with Crippen LogP contribution in [0, 0.1) is 12.7 Å². The minimum Gasteiger partial charge on any atom is -0.396 e. The summed E-state index contributed by atoms with van der Waals surface area (Å²) in [5.74, 6) is 0.110. The van der Waals surface area contributed by atoms with Crippen molar-refractivity contribution >= 4 is 21.6 Å². The van der Waals surface area contributed by atoms with Crippen molar-refractivity contribution in [3.8, 4) is 22.8 Å². The fraction of sp³-hybridized carbons (Fsp3) is 0.0667. The van der Waals surface area contributed by atoms with E-state index in [1.807, 2.05) is 25.1 Å². The van der Waals surface area contributed by atoms with Crippen molar-refractivity contribution in [1.82, 2.24) is 10.1 Å². The van der Waals surface area contributed by atoms with Crippen LogP contribution in [0.25, 0.3) is 22.8 Å². The van der Waals surface area contributed by atoms with Gasteiger partial charge in [-0.2, -0.15) is 4.98 Å². The van der Waals surface area contributed by atoms with E-state index in [0.29, 0.717) is 11.4 Å². The lowest BCUT2D eigenvalue weighted by molar-refractivity contribution is 0.432. The number of nitrogen functional groups attached to an aromatic ring is 1. The highest BCUT2D eigenvalue weighted by Gasteiger charge is 2.15. The van der Waals surface area contributed by atoms with Gasteiger partial charge in [0.25, 0.3) is 5.89 Å². The van der Waals surface area contributed by atoms with Crippen LogP contribution in [-0.4, -0.2) is 10.1 Å². The largest absolute Gasteiger partial charge is 0.396 e. The van der Waals surface area contributed by atoms with Crippen molar-refractivity contribution in [3.05, 3.63) is 52.3 Å². The Balaban J connectivity index is 2.03. The zero-order valence-corrected chi connectivity index (χ0v) is 12.7. The van der Waals surface area contributed by atoms with Crippen molar-refractivity contribution in [2.45, 2.75) is 6.92 Å². The molecule has 6 heteroatoms. The van der Waals surface area contributed by atoms with E-state index in [1.54, 1.807) is 12.1 Å². The SMILES string of the molecule is Cc1ccc(-c2noc(-c3cccc(F)c3N)n2)cc1Br. The highest BCUT2D eigenvalue weighted by Crippen LogP contribution is 2.29. The van der Waals surface area contributed by atoms with Crippen LogP contribution in [0.2, 0.25) is 0 Å². The summed E-state index contributed by atoms with van der Waals surface area (Å²) >= 11 is 3.46. The zero-order valence-electron chi connectivity index (χ0n) is 11.1. The predicted molar refractivity (Wildman–Crippen MR) is 82.0 cm³/mol. The number of rotatable bonds is 2. The first-order valence-electron chi connectivity index (χ1n) is 6.21. The number of halogens is 2. The topological polar surface area (TPSA) is 64.9 Å². The standard InChI is InChI=1S/C15H11BrFN3O/c1-8-5-6-9(7-11(8)16)14-19-15(21-20-14)10-3-2-4-12(17)13(10)18/h2-7H,18H2,1H3. The van der Waals surface area contributed by atoms with Gasteiger partial charge in [0.15, 0.2) is 0 Å². The summed E-state index contributed by atoms with van der Waals surface area (Å²) in [6, 6.07) is 10.2. The van der Waals surface area contributed by atoms with E-state index >= 15 is 0 Å². The molecule has 0 amide bonds. The Bertz CT molecular complexity index is 816. The number of nitrogens with two attached hydrogens (primary N) is 1. The number of aryl methyl sites for hydroxylation is 1. The highest BCUT2D eigenvalue weighted by atomic mass is 79.9. The number of para-hydroxylation sites is 1. The lowest BCUT2D eigenvalue weighted by atomic mass is 10.1. The molecule has 0 saturated heterocycles. The molecule has 1 heterocycles. The van der Waals surface area contributed by atoms with E-state index in [0.717, 1.165) is 15.6 Å². The van der Waals surface area contributed by atoms with Gasteiger partial charge in [-0.15, -0.1) is 0 Å². The zero-order chi connectivity index (χ0) is 15.0. The van der Waals surface area contributed by atoms with Crippen LogP contribution in [0.5, 0.6) is 0 Å². The van der Waals surface area contributed by atoms with Crippen molar-refractivity contribution in [1.29, 1.82) is 0 Å². The summed E-state index contributed by atoms with van der Waals surface area (Å²) in [6.07, 6.45) is 0. The van der Waals surface area contributed by atoms with Gasteiger partial charge in [0.1, 0.15) is 5.82 Å². The summed E-state index contributed by atoms with van der Waals surface area (Å²) < 4.78 is 19.6. The van der Waals surface area contributed by atoms with Gasteiger partial charge in [-0.05, 0) is 30.7 Å². The molecule has 0 aliphatic carbocycles. The van der Waals surface area contributed by atoms with Crippen LogP contribution in [0.1, 0.15) is 5.56 Å². The Morgan fingerprint density at radius 1 is 1.24 bits per heavy atom. The maximum atomic E-state index is 13.5. The Labute approximate surface area is 128 Å². The number of aromatic nitrogens is 2. The first-order chi connectivity index (χ1) is 10.1. The second-order valence-corrected chi connectivity index (χ2v) is 5.44. The second-order valence-electron chi connectivity index (χ2n) is 4.59. The number of hydrogen-bond donors (Lipinski definition) is 1. The smallest absolute Gasteiger partial charge is 0.260 e. The molecule has 4 nitrogen and oxygen atoms in total. The van der Waals surface area contributed by atoms with E-state index < -0.39 is 5.82 Å². The molecule has 0 fully saturated rings. The fourth-order valence-corrected chi connectivity index (χ4v) is 2.28. The average molecular weight is 348 g/mol. The molecule has 2 aromatic carbocycles. The van der Waals surface area contributed by atoms with Crippen molar-refractivity contribution in [3.63, 3.8) is 0 Å². The number of hydrogen-bond acceptors (Lipinski definition) is 4. The summed E-state index contributed by atoms with van der Waals surface area (Å²) in [4.78, 5) is 4.28. The van der Waals surface area contributed by atoms with Crippen LogP contribution >= 0.6 is 15.9 Å². The van der Waals surface area contributed by atoms with Crippen molar-refractivity contribution < 1.29 is 8.91 Å². The molecule has 0 radical (unpaired) electrons. The maximum Gasteiger partial charge on any atom is 0.260 e. The summed E-state index contributed by atoms with van der Waals surface area (Å²) in [5, 5.41) is 3.92. The van der Waals surface area contributed by atoms with E-state index in [4.69, 9.17) is 10.3 Å². The van der Waals surface area contributed by atoms with E-state index in [1.165, 1.54) is 6.07 Å². The molecule has 0 spiro atoms. The molecule has 2 N–H and O–H groups in total. The van der Waals surface area contributed by atoms with Crippen LogP contribution in [0.3, 0.4) is 0 Å². The fourth-order valence-electron chi connectivity index (χ4n) is 1.91. The lowest BCUT2D eigenvalue weighted by Gasteiger charge is -2.01. The summed E-state index contributed by atoms with van der Waals surface area (Å²) in [7, 11) is 0. The summed E-state index contributed by atoms with van der Waals surface area (Å²) in [5.41, 5.74) is 7.99. The molecule has 3 aromatic rings. The molecule has 1 aromatic heterocycles. The van der Waals surface area contributed by atoms with E-state index in [-0.39, 0.29) is 11.6 Å². The maximum absolute atomic E-state index is 13.5. The van der Waals surface area contributed by atoms with Crippen LogP contribution in [0.15, 0.2) is 45.4 Å². The molecule has 0 saturated carbocycles. The quantitative estimate of drug-likeness (QED) is 0.705. The van der Waals surface area contributed by atoms with Gasteiger partial charge in [-0.3, -0.25) is 0 Å². The molecule has 0 aliphatic rings. The number of anilines is 1. The molecular formula is C15H11BrFN3O. The lowest BCUT2D eigenvalue weighted by Crippen LogP contribution is -1.94. The van der Waals surface area contributed by atoms with Crippen molar-refractivity contribution in [2.75, 3.05) is 5.73 Å². The van der Waals surface area contributed by atoms with Crippen LogP contribution in [-0.2, 0) is 0 Å². The highest BCUT2D eigenvalue weighted by molar-refractivity contribution is 9.10. The molecule has 0 aliphatic heterocycles. The third kappa shape index (κ3) is 2.54. The molecule has 0 unspecified atom stereocenters. The number of benzene rings is 2.